The van der Waals surface area contributed by atoms with Gasteiger partial charge in [-0.25, -0.2) is 9.98 Å². The number of hydrogen-bond acceptors (Lipinski definition) is 5. The number of nitrogens with zero attached hydrogens (tertiary/aromatic N) is 3. The summed E-state index contributed by atoms with van der Waals surface area (Å²) in [4.78, 5) is 12.8. The molecule has 2 atom stereocenters. The third kappa shape index (κ3) is 6.81. The molecule has 0 aliphatic carbocycles. The molecule has 2 heterocycles. The number of rotatable bonds is 7. The highest BCUT2D eigenvalue weighted by atomic mass is 127. The van der Waals surface area contributed by atoms with Crippen molar-refractivity contribution in [3.8, 4) is 5.75 Å². The predicted octanol–water partition coefficient (Wildman–Crippen LogP) is 4.22. The SMILES string of the molecule is CCNC(=NCc1ncc(C)s1)NCC1CCCN(C)C1c1ccc(OC)cc1.I. The Morgan fingerprint density at radius 1 is 1.30 bits per heavy atom. The Bertz CT molecular complexity index is 795. The van der Waals surface area contributed by atoms with E-state index in [0.717, 1.165) is 36.4 Å². The Labute approximate surface area is 201 Å². The van der Waals surface area contributed by atoms with Crippen LogP contribution in [0.25, 0.3) is 0 Å². The lowest BCUT2D eigenvalue weighted by Crippen LogP contribution is -2.45. The fraction of sp³-hybridized carbons (Fsp3) is 0.545. The Kier molecular flexibility index (Phi) is 10.3. The largest absolute Gasteiger partial charge is 0.497 e. The topological polar surface area (TPSA) is 61.8 Å². The summed E-state index contributed by atoms with van der Waals surface area (Å²) in [5, 5.41) is 7.99. The molecule has 2 unspecified atom stereocenters. The van der Waals surface area contributed by atoms with Gasteiger partial charge in [-0.1, -0.05) is 12.1 Å². The molecule has 166 valence electrons. The molecular weight excluding hydrogens is 509 g/mol. The van der Waals surface area contributed by atoms with Gasteiger partial charge in [0.25, 0.3) is 0 Å². The van der Waals surface area contributed by atoms with E-state index in [2.05, 4.69) is 65.7 Å². The summed E-state index contributed by atoms with van der Waals surface area (Å²) < 4.78 is 5.33. The molecule has 30 heavy (non-hydrogen) atoms. The van der Waals surface area contributed by atoms with Crippen LogP contribution in [0.2, 0.25) is 0 Å². The van der Waals surface area contributed by atoms with Gasteiger partial charge in [0.2, 0.25) is 0 Å². The minimum absolute atomic E-state index is 0. The van der Waals surface area contributed by atoms with Gasteiger partial charge in [-0.15, -0.1) is 35.3 Å². The van der Waals surface area contributed by atoms with Crippen LogP contribution in [0.5, 0.6) is 5.75 Å². The van der Waals surface area contributed by atoms with Crippen LogP contribution in [-0.2, 0) is 6.54 Å². The maximum Gasteiger partial charge on any atom is 0.191 e. The zero-order chi connectivity index (χ0) is 20.6. The first-order valence-corrected chi connectivity index (χ1v) is 11.2. The third-order valence-electron chi connectivity index (χ3n) is 5.38. The van der Waals surface area contributed by atoms with Crippen molar-refractivity contribution in [3.05, 3.63) is 45.9 Å². The van der Waals surface area contributed by atoms with Crippen molar-refractivity contribution in [1.82, 2.24) is 20.5 Å². The van der Waals surface area contributed by atoms with Crippen LogP contribution in [0.4, 0.5) is 0 Å². The number of methoxy groups -OCH3 is 1. The minimum atomic E-state index is 0. The smallest absolute Gasteiger partial charge is 0.191 e. The highest BCUT2D eigenvalue weighted by Crippen LogP contribution is 2.35. The average molecular weight is 544 g/mol. The van der Waals surface area contributed by atoms with Crippen molar-refractivity contribution >= 4 is 41.3 Å². The number of aromatic nitrogens is 1. The number of halogens is 1. The normalized spacial score (nSPS) is 19.8. The number of aliphatic imine (C=N–C) groups is 1. The van der Waals surface area contributed by atoms with Crippen molar-refractivity contribution in [2.24, 2.45) is 10.9 Å². The van der Waals surface area contributed by atoms with E-state index in [9.17, 15) is 0 Å². The highest BCUT2D eigenvalue weighted by Gasteiger charge is 2.30. The molecule has 1 saturated heterocycles. The fourth-order valence-corrected chi connectivity index (χ4v) is 4.70. The molecule has 0 bridgehead atoms. The van der Waals surface area contributed by atoms with Gasteiger partial charge in [0.15, 0.2) is 5.96 Å². The van der Waals surface area contributed by atoms with E-state index < -0.39 is 0 Å². The number of benzene rings is 1. The lowest BCUT2D eigenvalue weighted by Gasteiger charge is -2.40. The first kappa shape index (κ1) is 24.9. The molecule has 0 saturated carbocycles. The van der Waals surface area contributed by atoms with E-state index in [4.69, 9.17) is 9.73 Å². The molecule has 1 aliphatic heterocycles. The van der Waals surface area contributed by atoms with E-state index in [-0.39, 0.29) is 24.0 Å². The maximum atomic E-state index is 5.33. The van der Waals surface area contributed by atoms with Gasteiger partial charge in [-0.3, -0.25) is 4.90 Å². The van der Waals surface area contributed by atoms with Crippen LogP contribution in [0, 0.1) is 12.8 Å². The Balaban J connectivity index is 0.00000320. The van der Waals surface area contributed by atoms with Crippen LogP contribution in [0.1, 0.15) is 41.3 Å². The summed E-state index contributed by atoms with van der Waals surface area (Å²) in [7, 11) is 3.94. The minimum Gasteiger partial charge on any atom is -0.497 e. The maximum absolute atomic E-state index is 5.33. The predicted molar refractivity (Wildman–Crippen MR) is 136 cm³/mol. The lowest BCUT2D eigenvalue weighted by atomic mass is 9.85. The van der Waals surface area contributed by atoms with Gasteiger partial charge in [0.05, 0.1) is 13.7 Å². The van der Waals surface area contributed by atoms with E-state index in [0.29, 0.717) is 18.5 Å². The Morgan fingerprint density at radius 3 is 2.70 bits per heavy atom. The zero-order valence-electron chi connectivity index (χ0n) is 18.4. The highest BCUT2D eigenvalue weighted by molar-refractivity contribution is 14.0. The summed E-state index contributed by atoms with van der Waals surface area (Å²) in [5.41, 5.74) is 1.35. The number of hydrogen-bond donors (Lipinski definition) is 2. The second kappa shape index (κ2) is 12.5. The van der Waals surface area contributed by atoms with Crippen molar-refractivity contribution in [2.45, 2.75) is 39.3 Å². The number of guanidine groups is 1. The molecule has 1 aromatic carbocycles. The van der Waals surface area contributed by atoms with Crippen molar-refractivity contribution in [1.29, 1.82) is 0 Å². The number of nitrogens with one attached hydrogen (secondary N) is 2. The molecule has 0 spiro atoms. The monoisotopic (exact) mass is 543 g/mol. The van der Waals surface area contributed by atoms with Crippen molar-refractivity contribution < 1.29 is 4.74 Å². The molecule has 8 heteroatoms. The van der Waals surface area contributed by atoms with E-state index in [1.54, 1.807) is 18.4 Å². The van der Waals surface area contributed by atoms with Gasteiger partial charge < -0.3 is 15.4 Å². The first-order valence-electron chi connectivity index (χ1n) is 10.4. The molecule has 1 aromatic heterocycles. The number of ether oxygens (including phenoxy) is 1. The standard InChI is InChI=1S/C22H33N5OS.HI/c1-5-23-22(26-15-20-24-13-16(2)29-20)25-14-18-7-6-12-27(3)21(18)17-8-10-19(28-4)11-9-17;/h8-11,13,18,21H,5-7,12,14-15H2,1-4H3,(H2,23,25,26);1H. The fourth-order valence-electron chi connectivity index (χ4n) is 3.99. The summed E-state index contributed by atoms with van der Waals surface area (Å²) in [5.74, 6) is 2.29. The molecule has 2 N–H and O–H groups in total. The average Bonchev–Trinajstić information content (AvgIpc) is 3.15. The summed E-state index contributed by atoms with van der Waals surface area (Å²) in [6.45, 7) is 7.65. The van der Waals surface area contributed by atoms with Crippen molar-refractivity contribution in [2.75, 3.05) is 33.8 Å². The third-order valence-corrected chi connectivity index (χ3v) is 6.28. The molecule has 1 aliphatic rings. The second-order valence-electron chi connectivity index (χ2n) is 7.54. The molecule has 2 aromatic rings. The number of piperidine rings is 1. The van der Waals surface area contributed by atoms with E-state index >= 15 is 0 Å². The first-order chi connectivity index (χ1) is 14.1. The number of thiazole rings is 1. The van der Waals surface area contributed by atoms with Gasteiger partial charge in [-0.2, -0.15) is 0 Å². The number of likely N-dealkylation sites (tertiary alicyclic amines) is 1. The van der Waals surface area contributed by atoms with Crippen molar-refractivity contribution in [3.63, 3.8) is 0 Å². The summed E-state index contributed by atoms with van der Waals surface area (Å²) in [6, 6.07) is 8.91. The molecule has 0 amide bonds. The van der Waals surface area contributed by atoms with E-state index in [1.165, 1.54) is 23.3 Å². The van der Waals surface area contributed by atoms with Gasteiger partial charge in [0, 0.05) is 30.2 Å². The molecular formula is C22H34IN5OS. The Morgan fingerprint density at radius 2 is 2.07 bits per heavy atom. The van der Waals surface area contributed by atoms with Crippen LogP contribution in [0.3, 0.4) is 0 Å². The molecule has 0 radical (unpaired) electrons. The lowest BCUT2D eigenvalue weighted by molar-refractivity contribution is 0.122. The number of aryl methyl sites for hydroxylation is 1. The van der Waals surface area contributed by atoms with Crippen LogP contribution < -0.4 is 15.4 Å². The van der Waals surface area contributed by atoms with Gasteiger partial charge >= 0.3 is 0 Å². The Hall–Kier alpha value is -1.39. The van der Waals surface area contributed by atoms with Crippen LogP contribution in [-0.4, -0.2) is 49.6 Å². The van der Waals surface area contributed by atoms with Crippen LogP contribution >= 0.6 is 35.3 Å². The zero-order valence-corrected chi connectivity index (χ0v) is 21.5. The molecule has 6 nitrogen and oxygen atoms in total. The molecule has 3 rings (SSSR count). The van der Waals surface area contributed by atoms with Gasteiger partial charge in [0.1, 0.15) is 10.8 Å². The second-order valence-corrected chi connectivity index (χ2v) is 8.86. The summed E-state index contributed by atoms with van der Waals surface area (Å²) in [6.07, 6.45) is 4.34. The van der Waals surface area contributed by atoms with Crippen LogP contribution in [0.15, 0.2) is 35.5 Å². The van der Waals surface area contributed by atoms with E-state index in [1.807, 2.05) is 6.20 Å². The summed E-state index contributed by atoms with van der Waals surface area (Å²) >= 11 is 1.70. The molecule has 1 fully saturated rings. The van der Waals surface area contributed by atoms with Gasteiger partial charge in [-0.05, 0) is 63.9 Å². The quantitative estimate of drug-likeness (QED) is 0.311.